The monoisotopic (exact) mass is 262 g/mol. The third-order valence-electron chi connectivity index (χ3n) is 3.47. The number of rotatable bonds is 6. The highest BCUT2D eigenvalue weighted by Crippen LogP contribution is 2.50. The van der Waals surface area contributed by atoms with Crippen molar-refractivity contribution in [2.45, 2.75) is 38.2 Å². The second-order valence-electron chi connectivity index (χ2n) is 5.26. The zero-order chi connectivity index (χ0) is 12.5. The Hall–Kier alpha value is -0.620. The van der Waals surface area contributed by atoms with Gasteiger partial charge in [-0.05, 0) is 31.1 Å². The van der Waals surface area contributed by atoms with E-state index in [-0.39, 0.29) is 24.0 Å². The second kappa shape index (κ2) is 4.57. The van der Waals surface area contributed by atoms with Crippen LogP contribution < -0.4 is 0 Å². The van der Waals surface area contributed by atoms with E-state index < -0.39 is 21.2 Å². The summed E-state index contributed by atoms with van der Waals surface area (Å²) in [6.07, 6.45) is 2.93. The van der Waals surface area contributed by atoms with Crippen molar-refractivity contribution in [2.24, 2.45) is 5.41 Å². The van der Waals surface area contributed by atoms with Crippen LogP contribution in [0.5, 0.6) is 0 Å². The summed E-state index contributed by atoms with van der Waals surface area (Å²) in [4.78, 5) is 10.7. The molecule has 1 N–H and O–H groups in total. The average molecular weight is 262 g/mol. The van der Waals surface area contributed by atoms with Gasteiger partial charge in [-0.3, -0.25) is 4.79 Å². The average Bonchev–Trinajstić information content (AvgIpc) is 2.72. The van der Waals surface area contributed by atoms with E-state index in [2.05, 4.69) is 0 Å². The number of hydrogen-bond acceptors (Lipinski definition) is 4. The van der Waals surface area contributed by atoms with Crippen molar-refractivity contribution < 1.29 is 23.1 Å². The van der Waals surface area contributed by atoms with Crippen molar-refractivity contribution >= 4 is 15.8 Å². The van der Waals surface area contributed by atoms with E-state index in [4.69, 9.17) is 9.84 Å². The summed E-state index contributed by atoms with van der Waals surface area (Å²) in [6.45, 7) is 0.639. The van der Waals surface area contributed by atoms with Crippen LogP contribution in [0.4, 0.5) is 0 Å². The fraction of sp³-hybridized carbons (Fsp3) is 0.909. The molecule has 1 unspecified atom stereocenters. The number of carbonyl (C=O) groups is 1. The zero-order valence-corrected chi connectivity index (χ0v) is 10.5. The zero-order valence-electron chi connectivity index (χ0n) is 9.72. The van der Waals surface area contributed by atoms with Gasteiger partial charge in [0, 0.05) is 6.61 Å². The van der Waals surface area contributed by atoms with Crippen LogP contribution in [0.3, 0.4) is 0 Å². The first kappa shape index (κ1) is 12.8. The first-order chi connectivity index (χ1) is 7.91. The van der Waals surface area contributed by atoms with Gasteiger partial charge in [0.05, 0.1) is 24.0 Å². The molecule has 1 atom stereocenters. The van der Waals surface area contributed by atoms with Gasteiger partial charge in [-0.25, -0.2) is 8.42 Å². The predicted octanol–water partition coefficient (Wildman–Crippen LogP) is 0.835. The van der Waals surface area contributed by atoms with Crippen molar-refractivity contribution in [3.8, 4) is 0 Å². The number of sulfone groups is 1. The molecule has 0 spiro atoms. The van der Waals surface area contributed by atoms with Gasteiger partial charge >= 0.3 is 5.97 Å². The first-order valence-corrected chi connectivity index (χ1v) is 7.77. The molecular formula is C11H18O5S. The molecule has 1 saturated heterocycles. The van der Waals surface area contributed by atoms with Crippen LogP contribution in [0, 0.1) is 5.41 Å². The maximum atomic E-state index is 12.0. The van der Waals surface area contributed by atoms with Crippen LogP contribution in [0.25, 0.3) is 0 Å². The molecular weight excluding hydrogens is 244 g/mol. The summed E-state index contributed by atoms with van der Waals surface area (Å²) in [5.74, 6) is -0.851. The Morgan fingerprint density at radius 3 is 2.59 bits per heavy atom. The molecule has 17 heavy (non-hydrogen) atoms. The molecule has 2 fully saturated rings. The minimum atomic E-state index is -3.19. The molecule has 0 bridgehead atoms. The van der Waals surface area contributed by atoms with Crippen LogP contribution >= 0.6 is 0 Å². The van der Waals surface area contributed by atoms with Crippen LogP contribution in [0.1, 0.15) is 32.1 Å². The molecule has 1 aliphatic carbocycles. The Labute approximate surface area is 101 Å². The molecule has 2 aliphatic rings. The van der Waals surface area contributed by atoms with Gasteiger partial charge < -0.3 is 9.84 Å². The summed E-state index contributed by atoms with van der Waals surface area (Å²) < 4.78 is 29.2. The molecule has 0 amide bonds. The third kappa shape index (κ3) is 3.67. The van der Waals surface area contributed by atoms with E-state index in [0.717, 1.165) is 12.8 Å². The largest absolute Gasteiger partial charge is 0.481 e. The lowest BCUT2D eigenvalue weighted by atomic mass is 10.1. The Morgan fingerprint density at radius 1 is 1.41 bits per heavy atom. The summed E-state index contributed by atoms with van der Waals surface area (Å²) in [6, 6.07) is 0. The Morgan fingerprint density at radius 2 is 2.12 bits per heavy atom. The van der Waals surface area contributed by atoms with Crippen LogP contribution in [-0.4, -0.2) is 43.7 Å². The molecule has 5 nitrogen and oxygen atoms in total. The fourth-order valence-corrected chi connectivity index (χ4v) is 4.73. The van der Waals surface area contributed by atoms with Crippen LogP contribution in [-0.2, 0) is 19.4 Å². The molecule has 0 aromatic heterocycles. The Bertz CT molecular complexity index is 390. The number of carboxylic acid groups (broad SMARTS) is 1. The van der Waals surface area contributed by atoms with Crippen molar-refractivity contribution in [3.63, 3.8) is 0 Å². The third-order valence-corrected chi connectivity index (χ3v) is 5.41. The molecule has 6 heteroatoms. The molecule has 98 valence electrons. The van der Waals surface area contributed by atoms with Gasteiger partial charge in [0.2, 0.25) is 0 Å². The van der Waals surface area contributed by atoms with Crippen molar-refractivity contribution in [3.05, 3.63) is 0 Å². The molecule has 0 radical (unpaired) electrons. The van der Waals surface area contributed by atoms with Crippen LogP contribution in [0.15, 0.2) is 0 Å². The Kier molecular flexibility index (Phi) is 3.45. The summed E-state index contributed by atoms with van der Waals surface area (Å²) in [7, 11) is -3.19. The predicted molar refractivity (Wildman–Crippen MR) is 61.5 cm³/mol. The van der Waals surface area contributed by atoms with E-state index in [1.54, 1.807) is 0 Å². The summed E-state index contributed by atoms with van der Waals surface area (Å²) in [5, 5.41) is 8.75. The normalized spacial score (nSPS) is 26.9. The van der Waals surface area contributed by atoms with Gasteiger partial charge in [-0.1, -0.05) is 0 Å². The van der Waals surface area contributed by atoms with E-state index in [9.17, 15) is 13.2 Å². The smallest absolute Gasteiger partial charge is 0.303 e. The van der Waals surface area contributed by atoms with E-state index in [0.29, 0.717) is 19.4 Å². The fourth-order valence-electron chi connectivity index (χ4n) is 2.45. The van der Waals surface area contributed by atoms with Gasteiger partial charge in [0.15, 0.2) is 9.84 Å². The summed E-state index contributed by atoms with van der Waals surface area (Å²) >= 11 is 0. The highest BCUT2D eigenvalue weighted by molar-refractivity contribution is 7.91. The first-order valence-electron chi connectivity index (χ1n) is 5.95. The maximum absolute atomic E-state index is 12.0. The molecule has 0 aromatic rings. The lowest BCUT2D eigenvalue weighted by Gasteiger charge is -2.15. The number of aliphatic carboxylic acids is 1. The van der Waals surface area contributed by atoms with Gasteiger partial charge in [0.25, 0.3) is 0 Å². The lowest BCUT2D eigenvalue weighted by molar-refractivity contribution is -0.138. The SMILES string of the molecule is O=C(O)CC1(CS(=O)(=O)CC2CCCO2)CC1. The molecule has 2 rings (SSSR count). The highest BCUT2D eigenvalue weighted by Gasteiger charge is 2.47. The summed E-state index contributed by atoms with van der Waals surface area (Å²) in [5.41, 5.74) is -0.483. The molecule has 0 aromatic carbocycles. The van der Waals surface area contributed by atoms with Gasteiger partial charge in [-0.2, -0.15) is 0 Å². The van der Waals surface area contributed by atoms with Gasteiger partial charge in [0.1, 0.15) is 0 Å². The van der Waals surface area contributed by atoms with E-state index in [1.165, 1.54) is 0 Å². The quantitative estimate of drug-likeness (QED) is 0.767. The van der Waals surface area contributed by atoms with Crippen molar-refractivity contribution in [1.29, 1.82) is 0 Å². The van der Waals surface area contributed by atoms with Crippen molar-refractivity contribution in [2.75, 3.05) is 18.1 Å². The minimum Gasteiger partial charge on any atom is -0.481 e. The maximum Gasteiger partial charge on any atom is 0.303 e. The van der Waals surface area contributed by atoms with E-state index >= 15 is 0 Å². The van der Waals surface area contributed by atoms with E-state index in [1.807, 2.05) is 0 Å². The topological polar surface area (TPSA) is 80.7 Å². The second-order valence-corrected chi connectivity index (χ2v) is 7.37. The minimum absolute atomic E-state index is 0.00611. The van der Waals surface area contributed by atoms with Crippen LogP contribution in [0.2, 0.25) is 0 Å². The molecule has 1 aliphatic heterocycles. The number of ether oxygens (including phenoxy) is 1. The molecule has 1 saturated carbocycles. The molecule has 1 heterocycles. The highest BCUT2D eigenvalue weighted by atomic mass is 32.2. The van der Waals surface area contributed by atoms with Crippen molar-refractivity contribution in [1.82, 2.24) is 0 Å². The Balaban J connectivity index is 1.90. The number of carboxylic acids is 1. The van der Waals surface area contributed by atoms with Gasteiger partial charge in [-0.15, -0.1) is 0 Å². The standard InChI is InChI=1S/C11H18O5S/c12-10(13)6-11(3-4-11)8-17(14,15)7-9-2-1-5-16-9/h9H,1-8H2,(H,12,13). The number of hydrogen-bond donors (Lipinski definition) is 1. The lowest BCUT2D eigenvalue weighted by Crippen LogP contribution is -2.27.